The Hall–Kier alpha value is -0.0151. The average molecular weight is 114 g/mol. The minimum atomic E-state index is -0.487. The molecule has 1 aliphatic rings. The minimum Gasteiger partial charge on any atom is -0.427 e. The van der Waals surface area contributed by atoms with Crippen LogP contribution in [0, 0.1) is 5.92 Å². The fraction of sp³-hybridized carbons (Fsp3) is 1.00. The molecule has 8 heavy (non-hydrogen) atoms. The third kappa shape index (κ3) is 1.49. The summed E-state index contributed by atoms with van der Waals surface area (Å²) in [5.74, 6) is 0.638. The zero-order valence-corrected chi connectivity index (χ0v) is 5.13. The maximum absolute atomic E-state index is 8.86. The van der Waals surface area contributed by atoms with Gasteiger partial charge in [0.05, 0.1) is 0 Å². The molecule has 0 radical (unpaired) electrons. The van der Waals surface area contributed by atoms with E-state index in [1.54, 1.807) is 0 Å². The fourth-order valence-electron chi connectivity index (χ4n) is 0.935. The highest BCUT2D eigenvalue weighted by Gasteiger charge is 2.21. The predicted octanol–water partition coefficient (Wildman–Crippen LogP) is 0.523. The highest BCUT2D eigenvalue weighted by molar-refractivity contribution is 6.42. The first-order valence-corrected chi connectivity index (χ1v) is 3.08. The number of hydrogen-bond acceptors (Lipinski definition) is 2. The first-order valence-electron chi connectivity index (χ1n) is 3.08. The molecule has 0 aliphatic carbocycles. The number of hydrogen-bond donors (Lipinski definition) is 1. The van der Waals surface area contributed by atoms with E-state index in [4.69, 9.17) is 9.68 Å². The van der Waals surface area contributed by atoms with Crippen LogP contribution in [0.3, 0.4) is 0 Å². The quantitative estimate of drug-likeness (QED) is 0.465. The van der Waals surface area contributed by atoms with Gasteiger partial charge < -0.3 is 9.68 Å². The van der Waals surface area contributed by atoms with Crippen molar-refractivity contribution in [2.24, 2.45) is 5.92 Å². The molecule has 1 saturated heterocycles. The van der Waals surface area contributed by atoms with Gasteiger partial charge in [-0.1, -0.05) is 6.92 Å². The van der Waals surface area contributed by atoms with Crippen molar-refractivity contribution in [2.75, 3.05) is 6.61 Å². The molecule has 46 valence electrons. The Morgan fingerprint density at radius 3 is 2.88 bits per heavy atom. The summed E-state index contributed by atoms with van der Waals surface area (Å²) in [6.07, 6.45) is 1.90. The molecule has 0 aromatic carbocycles. The zero-order chi connectivity index (χ0) is 5.98. The Kier molecular flexibility index (Phi) is 1.92. The second-order valence-corrected chi connectivity index (χ2v) is 2.45. The van der Waals surface area contributed by atoms with Crippen LogP contribution in [0.15, 0.2) is 0 Å². The maximum atomic E-state index is 8.86. The van der Waals surface area contributed by atoms with E-state index < -0.39 is 7.12 Å². The van der Waals surface area contributed by atoms with Crippen LogP contribution < -0.4 is 0 Å². The Labute approximate surface area is 50.0 Å². The topological polar surface area (TPSA) is 29.5 Å². The average Bonchev–Trinajstić information content (AvgIpc) is 1.64. The Bertz CT molecular complexity index is 68.8. The van der Waals surface area contributed by atoms with Crippen LogP contribution in [0.5, 0.6) is 0 Å². The Balaban J connectivity index is 2.23. The van der Waals surface area contributed by atoms with Crippen molar-refractivity contribution < 1.29 is 9.68 Å². The first-order chi connectivity index (χ1) is 3.79. The van der Waals surface area contributed by atoms with Gasteiger partial charge in [0.25, 0.3) is 0 Å². The summed E-state index contributed by atoms with van der Waals surface area (Å²) < 4.78 is 4.90. The van der Waals surface area contributed by atoms with Crippen molar-refractivity contribution in [1.29, 1.82) is 0 Å². The molecule has 1 atom stereocenters. The normalized spacial score (nSPS) is 30.8. The van der Waals surface area contributed by atoms with Crippen molar-refractivity contribution in [3.63, 3.8) is 0 Å². The molecule has 1 heterocycles. The molecule has 0 aromatic rings. The van der Waals surface area contributed by atoms with Gasteiger partial charge in [-0.05, 0) is 18.7 Å². The lowest BCUT2D eigenvalue weighted by Crippen LogP contribution is -2.27. The van der Waals surface area contributed by atoms with Gasteiger partial charge in [-0.25, -0.2) is 0 Å². The summed E-state index contributed by atoms with van der Waals surface area (Å²) in [5, 5.41) is 8.86. The second kappa shape index (κ2) is 2.51. The molecule has 2 nitrogen and oxygen atoms in total. The molecular formula is C5H11BO2. The highest BCUT2D eigenvalue weighted by Crippen LogP contribution is 2.15. The summed E-state index contributed by atoms with van der Waals surface area (Å²) in [7, 11) is -0.487. The minimum absolute atomic E-state index is 0.487. The lowest BCUT2D eigenvalue weighted by Gasteiger charge is -2.19. The summed E-state index contributed by atoms with van der Waals surface area (Å²) in [4.78, 5) is 0. The molecule has 0 amide bonds. The molecule has 1 aliphatic heterocycles. The molecule has 0 aromatic heterocycles. The monoisotopic (exact) mass is 114 g/mol. The van der Waals surface area contributed by atoms with Gasteiger partial charge in [-0.2, -0.15) is 0 Å². The smallest absolute Gasteiger partial charge is 0.427 e. The fourth-order valence-corrected chi connectivity index (χ4v) is 0.935. The number of rotatable bonds is 0. The third-order valence-electron chi connectivity index (χ3n) is 1.52. The molecule has 0 spiro atoms. The Morgan fingerprint density at radius 1 is 1.75 bits per heavy atom. The molecular weight excluding hydrogens is 103 g/mol. The van der Waals surface area contributed by atoms with Gasteiger partial charge in [0.15, 0.2) is 0 Å². The van der Waals surface area contributed by atoms with Gasteiger partial charge in [0.1, 0.15) is 0 Å². The van der Waals surface area contributed by atoms with E-state index >= 15 is 0 Å². The summed E-state index contributed by atoms with van der Waals surface area (Å²) in [6, 6.07) is 0. The van der Waals surface area contributed by atoms with Crippen molar-refractivity contribution in [1.82, 2.24) is 0 Å². The lowest BCUT2D eigenvalue weighted by atomic mass is 9.75. The van der Waals surface area contributed by atoms with E-state index in [1.807, 2.05) is 0 Å². The van der Waals surface area contributed by atoms with Crippen LogP contribution in [0.1, 0.15) is 13.3 Å². The summed E-state index contributed by atoms with van der Waals surface area (Å²) in [6.45, 7) is 2.86. The van der Waals surface area contributed by atoms with E-state index in [-0.39, 0.29) is 0 Å². The van der Waals surface area contributed by atoms with Gasteiger partial charge >= 0.3 is 7.12 Å². The van der Waals surface area contributed by atoms with Crippen molar-refractivity contribution in [3.8, 4) is 0 Å². The van der Waals surface area contributed by atoms with Gasteiger partial charge in [-0.15, -0.1) is 0 Å². The van der Waals surface area contributed by atoms with E-state index in [2.05, 4.69) is 6.92 Å². The first kappa shape index (κ1) is 6.11. The van der Waals surface area contributed by atoms with Gasteiger partial charge in [0.2, 0.25) is 0 Å². The van der Waals surface area contributed by atoms with Crippen LogP contribution in [-0.2, 0) is 4.65 Å². The third-order valence-corrected chi connectivity index (χ3v) is 1.52. The van der Waals surface area contributed by atoms with E-state index in [0.717, 1.165) is 19.3 Å². The molecule has 0 unspecified atom stereocenters. The van der Waals surface area contributed by atoms with Crippen LogP contribution in [0.25, 0.3) is 0 Å². The molecule has 0 saturated carbocycles. The molecule has 0 bridgehead atoms. The second-order valence-electron chi connectivity index (χ2n) is 2.45. The molecule has 1 rings (SSSR count). The SMILES string of the molecule is C[C@@H]1CCOB(O)C1. The van der Waals surface area contributed by atoms with Gasteiger partial charge in [-0.3, -0.25) is 0 Å². The summed E-state index contributed by atoms with van der Waals surface area (Å²) in [5.41, 5.74) is 0. The standard InChI is InChI=1S/C5H11BO2/c1-5-2-3-8-6(7)4-5/h5,7H,2-4H2,1H3/t5-/m1/s1. The van der Waals surface area contributed by atoms with Crippen molar-refractivity contribution in [2.45, 2.75) is 19.7 Å². The highest BCUT2D eigenvalue weighted by atomic mass is 16.5. The van der Waals surface area contributed by atoms with Crippen molar-refractivity contribution in [3.05, 3.63) is 0 Å². The summed E-state index contributed by atoms with van der Waals surface area (Å²) >= 11 is 0. The van der Waals surface area contributed by atoms with E-state index in [1.165, 1.54) is 0 Å². The zero-order valence-electron chi connectivity index (χ0n) is 5.13. The van der Waals surface area contributed by atoms with Gasteiger partial charge in [0, 0.05) is 6.61 Å². The van der Waals surface area contributed by atoms with Crippen LogP contribution in [-0.4, -0.2) is 18.7 Å². The van der Waals surface area contributed by atoms with Crippen LogP contribution in [0.4, 0.5) is 0 Å². The van der Waals surface area contributed by atoms with Crippen LogP contribution >= 0.6 is 0 Å². The molecule has 1 N–H and O–H groups in total. The van der Waals surface area contributed by atoms with E-state index in [9.17, 15) is 0 Å². The maximum Gasteiger partial charge on any atom is 0.454 e. The predicted molar refractivity (Wildman–Crippen MR) is 32.5 cm³/mol. The van der Waals surface area contributed by atoms with E-state index in [0.29, 0.717) is 5.92 Å². The molecule has 3 heteroatoms. The van der Waals surface area contributed by atoms with Crippen LogP contribution in [0.2, 0.25) is 6.32 Å². The Morgan fingerprint density at radius 2 is 2.50 bits per heavy atom. The lowest BCUT2D eigenvalue weighted by molar-refractivity contribution is 0.206. The van der Waals surface area contributed by atoms with Crippen molar-refractivity contribution >= 4 is 7.12 Å². The largest absolute Gasteiger partial charge is 0.454 e. The molecule has 1 fully saturated rings.